The van der Waals surface area contributed by atoms with Crippen LogP contribution in [-0.4, -0.2) is 32.7 Å². The lowest BCUT2D eigenvalue weighted by atomic mass is 10.2. The van der Waals surface area contributed by atoms with Crippen LogP contribution in [0.2, 0.25) is 0 Å². The van der Waals surface area contributed by atoms with Crippen molar-refractivity contribution in [3.63, 3.8) is 0 Å². The maximum atomic E-state index is 11.5. The van der Waals surface area contributed by atoms with Gasteiger partial charge in [0.05, 0.1) is 0 Å². The highest BCUT2D eigenvalue weighted by Gasteiger charge is 2.11. The molecule has 0 unspecified atom stereocenters. The van der Waals surface area contributed by atoms with Gasteiger partial charge in [-0.2, -0.15) is 0 Å². The van der Waals surface area contributed by atoms with Crippen molar-refractivity contribution >= 4 is 18.3 Å². The molecule has 1 aromatic carbocycles. The molecule has 0 fully saturated rings. The summed E-state index contributed by atoms with van der Waals surface area (Å²) in [5.41, 5.74) is 1.01. The summed E-state index contributed by atoms with van der Waals surface area (Å²) >= 11 is 0. The van der Waals surface area contributed by atoms with Crippen LogP contribution >= 0.6 is 12.4 Å². The normalized spacial score (nSPS) is 12.5. The average molecular weight is 287 g/mol. The Morgan fingerprint density at radius 3 is 2.74 bits per heavy atom. The second kappa shape index (κ2) is 7.86. The van der Waals surface area contributed by atoms with E-state index in [1.165, 1.54) is 0 Å². The van der Waals surface area contributed by atoms with Crippen LogP contribution in [0.1, 0.15) is 12.0 Å². The molecule has 1 amide bonds. The highest BCUT2D eigenvalue weighted by molar-refractivity contribution is 5.85. The number of carbonyl (C=O) groups excluding carboxylic acids is 1. The molecule has 0 bridgehead atoms. The molecule has 1 aliphatic heterocycles. The molecule has 1 aliphatic rings. The van der Waals surface area contributed by atoms with Gasteiger partial charge < -0.3 is 20.1 Å². The monoisotopic (exact) mass is 286 g/mol. The van der Waals surface area contributed by atoms with E-state index in [0.29, 0.717) is 32.7 Å². The largest absolute Gasteiger partial charge is 0.486 e. The van der Waals surface area contributed by atoms with Crippen LogP contribution in [0.3, 0.4) is 0 Å². The van der Waals surface area contributed by atoms with Crippen LogP contribution in [0, 0.1) is 0 Å². The van der Waals surface area contributed by atoms with Crippen LogP contribution in [-0.2, 0) is 11.3 Å². The Hall–Kier alpha value is -1.46. The van der Waals surface area contributed by atoms with Crippen LogP contribution in [0.25, 0.3) is 0 Å². The Labute approximate surface area is 119 Å². The smallest absolute Gasteiger partial charge is 0.221 e. The summed E-state index contributed by atoms with van der Waals surface area (Å²) in [5, 5.41) is 5.81. The molecule has 0 radical (unpaired) electrons. The van der Waals surface area contributed by atoms with Crippen LogP contribution in [0.15, 0.2) is 18.2 Å². The molecule has 19 heavy (non-hydrogen) atoms. The lowest BCUT2D eigenvalue weighted by Crippen LogP contribution is -2.26. The number of fused-ring (bicyclic) bond motifs is 1. The number of ether oxygens (including phenoxy) is 2. The summed E-state index contributed by atoms with van der Waals surface area (Å²) in [6, 6.07) is 5.72. The van der Waals surface area contributed by atoms with Crippen molar-refractivity contribution in [2.75, 3.05) is 26.8 Å². The number of amides is 1. The number of benzene rings is 1. The minimum Gasteiger partial charge on any atom is -0.486 e. The molecule has 0 saturated carbocycles. The number of hydrogen-bond donors (Lipinski definition) is 2. The number of halogens is 1. The third-order valence-corrected chi connectivity index (χ3v) is 2.70. The van der Waals surface area contributed by atoms with E-state index in [1.54, 1.807) is 0 Å². The zero-order valence-electron chi connectivity index (χ0n) is 10.9. The lowest BCUT2D eigenvalue weighted by molar-refractivity contribution is -0.121. The average Bonchev–Trinajstić information content (AvgIpc) is 2.42. The third-order valence-electron chi connectivity index (χ3n) is 2.70. The predicted molar refractivity (Wildman–Crippen MR) is 75.1 cm³/mol. The van der Waals surface area contributed by atoms with E-state index in [4.69, 9.17) is 9.47 Å². The Morgan fingerprint density at radius 2 is 2.00 bits per heavy atom. The summed E-state index contributed by atoms with van der Waals surface area (Å²) in [7, 11) is 1.83. The molecular formula is C13H19ClN2O3. The minimum atomic E-state index is 0. The van der Waals surface area contributed by atoms with Crippen molar-refractivity contribution in [1.29, 1.82) is 0 Å². The molecule has 6 heteroatoms. The molecule has 106 valence electrons. The molecule has 0 aromatic heterocycles. The molecule has 2 N–H and O–H groups in total. The van der Waals surface area contributed by atoms with Crippen molar-refractivity contribution in [2.24, 2.45) is 0 Å². The maximum absolute atomic E-state index is 11.5. The summed E-state index contributed by atoms with van der Waals surface area (Å²) in [6.45, 7) is 2.37. The Morgan fingerprint density at radius 1 is 1.26 bits per heavy atom. The van der Waals surface area contributed by atoms with Gasteiger partial charge in [-0.3, -0.25) is 4.79 Å². The van der Waals surface area contributed by atoms with Crippen molar-refractivity contribution in [3.05, 3.63) is 23.8 Å². The highest BCUT2D eigenvalue weighted by atomic mass is 35.5. The molecule has 1 heterocycles. The highest BCUT2D eigenvalue weighted by Crippen LogP contribution is 2.30. The molecule has 1 aromatic rings. The van der Waals surface area contributed by atoms with Crippen LogP contribution < -0.4 is 20.1 Å². The summed E-state index contributed by atoms with van der Waals surface area (Å²) in [5.74, 6) is 1.56. The van der Waals surface area contributed by atoms with E-state index in [9.17, 15) is 4.79 Å². The first-order valence-electron chi connectivity index (χ1n) is 6.09. The Kier molecular flexibility index (Phi) is 6.45. The topological polar surface area (TPSA) is 59.6 Å². The van der Waals surface area contributed by atoms with Crippen molar-refractivity contribution in [3.8, 4) is 11.5 Å². The van der Waals surface area contributed by atoms with Gasteiger partial charge in [-0.15, -0.1) is 12.4 Å². The van der Waals surface area contributed by atoms with Gasteiger partial charge in [0.25, 0.3) is 0 Å². The van der Waals surface area contributed by atoms with Gasteiger partial charge in [0.1, 0.15) is 13.2 Å². The summed E-state index contributed by atoms with van der Waals surface area (Å²) in [4.78, 5) is 11.5. The van der Waals surface area contributed by atoms with E-state index in [1.807, 2.05) is 25.2 Å². The predicted octanol–water partition coefficient (Wildman–Crippen LogP) is 1.11. The van der Waals surface area contributed by atoms with Gasteiger partial charge in [-0.25, -0.2) is 0 Å². The SMILES string of the molecule is CNCCC(=O)NCc1ccc2c(c1)OCCO2.Cl. The fourth-order valence-electron chi connectivity index (χ4n) is 1.73. The van der Waals surface area contributed by atoms with E-state index < -0.39 is 0 Å². The number of rotatable bonds is 5. The molecule has 2 rings (SSSR count). The minimum absolute atomic E-state index is 0. The van der Waals surface area contributed by atoms with Crippen molar-refractivity contribution < 1.29 is 14.3 Å². The second-order valence-corrected chi connectivity index (χ2v) is 4.11. The standard InChI is InChI=1S/C13H18N2O3.ClH/c1-14-5-4-13(16)15-9-10-2-3-11-12(8-10)18-7-6-17-11;/h2-3,8,14H,4-7,9H2,1H3,(H,15,16);1H. The number of hydrogen-bond acceptors (Lipinski definition) is 4. The van der Waals surface area contributed by atoms with Gasteiger partial charge in [-0.05, 0) is 24.7 Å². The fraction of sp³-hybridized carbons (Fsp3) is 0.462. The Bertz CT molecular complexity index is 426. The molecule has 5 nitrogen and oxygen atoms in total. The molecule has 0 aliphatic carbocycles. The zero-order valence-corrected chi connectivity index (χ0v) is 11.7. The number of nitrogens with one attached hydrogen (secondary N) is 2. The lowest BCUT2D eigenvalue weighted by Gasteiger charge is -2.18. The zero-order chi connectivity index (χ0) is 12.8. The van der Waals surface area contributed by atoms with E-state index in [2.05, 4.69) is 10.6 Å². The van der Waals surface area contributed by atoms with E-state index in [0.717, 1.165) is 17.1 Å². The molecule has 0 spiro atoms. The van der Waals surface area contributed by atoms with Gasteiger partial charge in [-0.1, -0.05) is 6.07 Å². The van der Waals surface area contributed by atoms with Crippen molar-refractivity contribution in [2.45, 2.75) is 13.0 Å². The summed E-state index contributed by atoms with van der Waals surface area (Å²) < 4.78 is 10.9. The maximum Gasteiger partial charge on any atom is 0.221 e. The summed E-state index contributed by atoms with van der Waals surface area (Å²) in [6.07, 6.45) is 0.487. The number of carbonyl (C=O) groups is 1. The molecule has 0 atom stereocenters. The van der Waals surface area contributed by atoms with E-state index in [-0.39, 0.29) is 18.3 Å². The van der Waals surface area contributed by atoms with Crippen LogP contribution in [0.5, 0.6) is 11.5 Å². The first-order chi connectivity index (χ1) is 8.79. The fourth-order valence-corrected chi connectivity index (χ4v) is 1.73. The quantitative estimate of drug-likeness (QED) is 0.851. The van der Waals surface area contributed by atoms with Gasteiger partial charge in [0.2, 0.25) is 5.91 Å². The Balaban J connectivity index is 0.00000180. The third kappa shape index (κ3) is 4.61. The second-order valence-electron chi connectivity index (χ2n) is 4.11. The van der Waals surface area contributed by atoms with Crippen LogP contribution in [0.4, 0.5) is 0 Å². The van der Waals surface area contributed by atoms with Gasteiger partial charge in [0.15, 0.2) is 11.5 Å². The van der Waals surface area contributed by atoms with Gasteiger partial charge >= 0.3 is 0 Å². The molecular weight excluding hydrogens is 268 g/mol. The first kappa shape index (κ1) is 15.6. The van der Waals surface area contributed by atoms with E-state index >= 15 is 0 Å². The first-order valence-corrected chi connectivity index (χ1v) is 6.09. The van der Waals surface area contributed by atoms with Crippen molar-refractivity contribution in [1.82, 2.24) is 10.6 Å². The van der Waals surface area contributed by atoms with Gasteiger partial charge in [0, 0.05) is 19.5 Å². The molecule has 0 saturated heterocycles.